The lowest BCUT2D eigenvalue weighted by molar-refractivity contribution is 0.0434. The van der Waals surface area contributed by atoms with Crippen molar-refractivity contribution in [1.82, 2.24) is 14.5 Å². The van der Waals surface area contributed by atoms with Crippen LogP contribution in [-0.2, 0) is 16.7 Å². The molecule has 27 heavy (non-hydrogen) atoms. The predicted octanol–water partition coefficient (Wildman–Crippen LogP) is 3.50. The summed E-state index contributed by atoms with van der Waals surface area (Å²) in [5, 5.41) is 0. The molecule has 1 aromatic heterocycles. The standard InChI is InChI=1S/C22H31N3O2/c1-2-12-24(11-1)13-3-15-27-21-6-4-20(5-7-21)22(8-16-26-17-9-22)18-25-14-10-23-19-25/h4-7,10,14,19H,1-3,8-9,11-13,15-18H2. The SMILES string of the molecule is c1cn(CC2(c3ccc(OCCCN4CCCC4)cc3)CCOCC2)cn1. The Morgan fingerprint density at radius 1 is 1.07 bits per heavy atom. The maximum atomic E-state index is 5.98. The molecule has 0 unspecified atom stereocenters. The first-order valence-electron chi connectivity index (χ1n) is 10.3. The molecule has 2 saturated heterocycles. The van der Waals surface area contributed by atoms with E-state index >= 15 is 0 Å². The fourth-order valence-electron chi connectivity index (χ4n) is 4.42. The van der Waals surface area contributed by atoms with Crippen LogP contribution in [0.15, 0.2) is 43.0 Å². The topological polar surface area (TPSA) is 39.5 Å². The van der Waals surface area contributed by atoms with Crippen LogP contribution in [0.2, 0.25) is 0 Å². The molecule has 3 heterocycles. The van der Waals surface area contributed by atoms with Gasteiger partial charge in [0.05, 0.1) is 12.9 Å². The van der Waals surface area contributed by atoms with Crippen LogP contribution < -0.4 is 4.74 Å². The lowest BCUT2D eigenvalue weighted by atomic mass is 9.74. The van der Waals surface area contributed by atoms with E-state index in [1.54, 1.807) is 0 Å². The van der Waals surface area contributed by atoms with Gasteiger partial charge in [0.15, 0.2) is 0 Å². The number of benzene rings is 1. The quantitative estimate of drug-likeness (QED) is 0.668. The molecule has 4 rings (SSSR count). The van der Waals surface area contributed by atoms with Crippen LogP contribution in [-0.4, -0.2) is 53.9 Å². The molecule has 0 radical (unpaired) electrons. The zero-order valence-electron chi connectivity index (χ0n) is 16.2. The van der Waals surface area contributed by atoms with Crippen LogP contribution in [0.1, 0.15) is 37.7 Å². The van der Waals surface area contributed by atoms with Crippen molar-refractivity contribution < 1.29 is 9.47 Å². The largest absolute Gasteiger partial charge is 0.494 e. The van der Waals surface area contributed by atoms with Crippen molar-refractivity contribution in [3.8, 4) is 5.75 Å². The number of aromatic nitrogens is 2. The number of likely N-dealkylation sites (tertiary alicyclic amines) is 1. The van der Waals surface area contributed by atoms with Gasteiger partial charge in [-0.3, -0.25) is 0 Å². The normalized spacial score (nSPS) is 20.0. The Kier molecular flexibility index (Phi) is 6.10. The molecule has 146 valence electrons. The van der Waals surface area contributed by atoms with Gasteiger partial charge in [-0.1, -0.05) is 12.1 Å². The highest BCUT2D eigenvalue weighted by molar-refractivity contribution is 5.33. The lowest BCUT2D eigenvalue weighted by Gasteiger charge is -2.38. The number of imidazole rings is 1. The van der Waals surface area contributed by atoms with E-state index in [0.717, 1.165) is 57.9 Å². The summed E-state index contributed by atoms with van der Waals surface area (Å²) in [6, 6.07) is 8.77. The van der Waals surface area contributed by atoms with Gasteiger partial charge in [-0.25, -0.2) is 4.98 Å². The van der Waals surface area contributed by atoms with Crippen molar-refractivity contribution in [2.24, 2.45) is 0 Å². The number of nitrogens with zero attached hydrogens (tertiary/aromatic N) is 3. The zero-order chi connectivity index (χ0) is 18.4. The third-order valence-corrected chi connectivity index (χ3v) is 6.05. The summed E-state index contributed by atoms with van der Waals surface area (Å²) in [7, 11) is 0. The maximum absolute atomic E-state index is 5.98. The van der Waals surface area contributed by atoms with E-state index < -0.39 is 0 Å². The number of ether oxygens (including phenoxy) is 2. The molecule has 1 aromatic carbocycles. The van der Waals surface area contributed by atoms with Crippen molar-refractivity contribution in [3.63, 3.8) is 0 Å². The van der Waals surface area contributed by atoms with Crippen LogP contribution in [0.5, 0.6) is 5.75 Å². The van der Waals surface area contributed by atoms with Crippen molar-refractivity contribution in [2.45, 2.75) is 44.1 Å². The minimum absolute atomic E-state index is 0.118. The fourth-order valence-corrected chi connectivity index (χ4v) is 4.42. The Morgan fingerprint density at radius 2 is 1.85 bits per heavy atom. The minimum Gasteiger partial charge on any atom is -0.494 e. The third-order valence-electron chi connectivity index (χ3n) is 6.05. The van der Waals surface area contributed by atoms with Gasteiger partial charge in [0, 0.05) is 44.1 Å². The second-order valence-corrected chi connectivity index (χ2v) is 7.90. The molecule has 0 saturated carbocycles. The summed E-state index contributed by atoms with van der Waals surface area (Å²) < 4.78 is 13.8. The Hall–Kier alpha value is -1.85. The highest BCUT2D eigenvalue weighted by Gasteiger charge is 2.34. The van der Waals surface area contributed by atoms with Gasteiger partial charge in [-0.15, -0.1) is 0 Å². The first kappa shape index (κ1) is 18.5. The molecule has 0 N–H and O–H groups in total. The van der Waals surface area contributed by atoms with Crippen LogP contribution in [0.4, 0.5) is 0 Å². The highest BCUT2D eigenvalue weighted by Crippen LogP contribution is 2.37. The van der Waals surface area contributed by atoms with E-state index in [1.165, 1.54) is 31.5 Å². The Labute approximate surface area is 162 Å². The van der Waals surface area contributed by atoms with Gasteiger partial charge in [-0.05, 0) is 62.9 Å². The fraction of sp³-hybridized carbons (Fsp3) is 0.591. The van der Waals surface area contributed by atoms with Crippen molar-refractivity contribution >= 4 is 0 Å². The molecular formula is C22H31N3O2. The van der Waals surface area contributed by atoms with E-state index in [2.05, 4.69) is 44.9 Å². The molecule has 0 spiro atoms. The summed E-state index contributed by atoms with van der Waals surface area (Å²) in [4.78, 5) is 6.74. The average Bonchev–Trinajstić information content (AvgIpc) is 3.41. The molecule has 2 fully saturated rings. The molecular weight excluding hydrogens is 338 g/mol. The van der Waals surface area contributed by atoms with Gasteiger partial charge in [0.2, 0.25) is 0 Å². The van der Waals surface area contributed by atoms with Crippen molar-refractivity contribution in [2.75, 3.05) is 39.5 Å². The van der Waals surface area contributed by atoms with Gasteiger partial charge in [-0.2, -0.15) is 0 Å². The Balaban J connectivity index is 1.35. The third kappa shape index (κ3) is 4.71. The highest BCUT2D eigenvalue weighted by atomic mass is 16.5. The van der Waals surface area contributed by atoms with E-state index in [-0.39, 0.29) is 5.41 Å². The van der Waals surface area contributed by atoms with Crippen LogP contribution in [0.25, 0.3) is 0 Å². The lowest BCUT2D eigenvalue weighted by Crippen LogP contribution is -2.37. The van der Waals surface area contributed by atoms with Crippen molar-refractivity contribution in [3.05, 3.63) is 48.5 Å². The number of rotatable bonds is 8. The second kappa shape index (κ2) is 8.89. The van der Waals surface area contributed by atoms with Gasteiger partial charge < -0.3 is 18.9 Å². The molecule has 0 aliphatic carbocycles. The molecule has 0 atom stereocenters. The molecule has 0 amide bonds. The van der Waals surface area contributed by atoms with Gasteiger partial charge in [0.25, 0.3) is 0 Å². The summed E-state index contributed by atoms with van der Waals surface area (Å²) in [6.45, 7) is 7.07. The summed E-state index contributed by atoms with van der Waals surface area (Å²) in [6.07, 6.45) is 11.7. The van der Waals surface area contributed by atoms with Crippen LogP contribution >= 0.6 is 0 Å². The summed E-state index contributed by atoms with van der Waals surface area (Å²) >= 11 is 0. The predicted molar refractivity (Wildman–Crippen MR) is 106 cm³/mol. The summed E-state index contributed by atoms with van der Waals surface area (Å²) in [5.41, 5.74) is 1.50. The van der Waals surface area contributed by atoms with E-state index in [4.69, 9.17) is 9.47 Å². The average molecular weight is 370 g/mol. The first-order chi connectivity index (χ1) is 13.3. The molecule has 0 bridgehead atoms. The monoisotopic (exact) mass is 369 g/mol. The number of hydrogen-bond acceptors (Lipinski definition) is 4. The number of hydrogen-bond donors (Lipinski definition) is 0. The second-order valence-electron chi connectivity index (χ2n) is 7.90. The maximum Gasteiger partial charge on any atom is 0.119 e. The van der Waals surface area contributed by atoms with Crippen molar-refractivity contribution in [1.29, 1.82) is 0 Å². The van der Waals surface area contributed by atoms with E-state index in [0.29, 0.717) is 0 Å². The summed E-state index contributed by atoms with van der Waals surface area (Å²) in [5.74, 6) is 0.977. The molecule has 2 aromatic rings. The molecule has 2 aliphatic heterocycles. The van der Waals surface area contributed by atoms with E-state index in [9.17, 15) is 0 Å². The minimum atomic E-state index is 0.118. The Morgan fingerprint density at radius 3 is 2.56 bits per heavy atom. The molecule has 5 nitrogen and oxygen atoms in total. The molecule has 5 heteroatoms. The van der Waals surface area contributed by atoms with Gasteiger partial charge >= 0.3 is 0 Å². The van der Waals surface area contributed by atoms with Crippen LogP contribution in [0.3, 0.4) is 0 Å². The Bertz CT molecular complexity index is 672. The van der Waals surface area contributed by atoms with E-state index in [1.807, 2.05) is 12.5 Å². The molecule has 2 aliphatic rings. The first-order valence-corrected chi connectivity index (χ1v) is 10.3. The van der Waals surface area contributed by atoms with Gasteiger partial charge in [0.1, 0.15) is 5.75 Å². The van der Waals surface area contributed by atoms with Crippen LogP contribution in [0, 0.1) is 0 Å². The smallest absolute Gasteiger partial charge is 0.119 e. The zero-order valence-corrected chi connectivity index (χ0v) is 16.2.